The van der Waals surface area contributed by atoms with Gasteiger partial charge in [0, 0.05) is 17.4 Å². The lowest BCUT2D eigenvalue weighted by molar-refractivity contribution is -0.134. The largest absolute Gasteiger partial charge is 0.389 e. The van der Waals surface area contributed by atoms with Gasteiger partial charge in [-0.2, -0.15) is 13.2 Å². The predicted octanol–water partition coefficient (Wildman–Crippen LogP) is 4.34. The SMILES string of the molecule is Fc1cc(Br)ccc1NCCCC(F)(F)F. The van der Waals surface area contributed by atoms with Gasteiger partial charge < -0.3 is 5.32 Å². The first-order chi connectivity index (χ1) is 7.38. The highest BCUT2D eigenvalue weighted by atomic mass is 79.9. The van der Waals surface area contributed by atoms with Crippen LogP contribution in [0.2, 0.25) is 0 Å². The van der Waals surface area contributed by atoms with Crippen molar-refractivity contribution in [2.75, 3.05) is 11.9 Å². The molecule has 1 N–H and O–H groups in total. The molecule has 1 rings (SSSR count). The van der Waals surface area contributed by atoms with Crippen LogP contribution in [0.15, 0.2) is 22.7 Å². The van der Waals surface area contributed by atoms with Crippen LogP contribution < -0.4 is 5.32 Å². The maximum absolute atomic E-state index is 13.2. The summed E-state index contributed by atoms with van der Waals surface area (Å²) in [4.78, 5) is 0. The third-order valence-electron chi connectivity index (χ3n) is 1.88. The summed E-state index contributed by atoms with van der Waals surface area (Å²) >= 11 is 3.09. The Hall–Kier alpha value is -0.780. The smallest absolute Gasteiger partial charge is 0.383 e. The maximum Gasteiger partial charge on any atom is 0.389 e. The Bertz CT molecular complexity index is 351. The van der Waals surface area contributed by atoms with Crippen molar-refractivity contribution in [1.29, 1.82) is 0 Å². The molecule has 0 radical (unpaired) electrons. The average molecular weight is 300 g/mol. The van der Waals surface area contributed by atoms with Crippen LogP contribution in [0.5, 0.6) is 0 Å². The number of benzene rings is 1. The quantitative estimate of drug-likeness (QED) is 0.644. The van der Waals surface area contributed by atoms with E-state index in [2.05, 4.69) is 21.2 Å². The average Bonchev–Trinajstić information content (AvgIpc) is 2.13. The number of nitrogens with one attached hydrogen (secondary N) is 1. The molecule has 16 heavy (non-hydrogen) atoms. The third-order valence-corrected chi connectivity index (χ3v) is 2.38. The van der Waals surface area contributed by atoms with E-state index in [0.717, 1.165) is 0 Å². The molecule has 1 nitrogen and oxygen atoms in total. The molecular weight excluding hydrogens is 290 g/mol. The Morgan fingerprint density at radius 2 is 1.94 bits per heavy atom. The van der Waals surface area contributed by atoms with E-state index in [4.69, 9.17) is 0 Å². The van der Waals surface area contributed by atoms with Crippen molar-refractivity contribution in [3.8, 4) is 0 Å². The number of rotatable bonds is 4. The molecule has 1 aromatic rings. The number of alkyl halides is 3. The fraction of sp³-hybridized carbons (Fsp3) is 0.400. The van der Waals surface area contributed by atoms with E-state index in [1.165, 1.54) is 12.1 Å². The van der Waals surface area contributed by atoms with E-state index < -0.39 is 18.4 Å². The van der Waals surface area contributed by atoms with Gasteiger partial charge in [0.15, 0.2) is 0 Å². The van der Waals surface area contributed by atoms with Gasteiger partial charge in [-0.25, -0.2) is 4.39 Å². The van der Waals surface area contributed by atoms with Gasteiger partial charge in [-0.05, 0) is 24.6 Å². The zero-order valence-electron chi connectivity index (χ0n) is 8.24. The molecule has 0 heterocycles. The van der Waals surface area contributed by atoms with Crippen LogP contribution in [0.4, 0.5) is 23.2 Å². The van der Waals surface area contributed by atoms with Crippen LogP contribution in [0.3, 0.4) is 0 Å². The highest BCUT2D eigenvalue weighted by Crippen LogP contribution is 2.22. The van der Waals surface area contributed by atoms with Gasteiger partial charge in [0.05, 0.1) is 5.69 Å². The highest BCUT2D eigenvalue weighted by molar-refractivity contribution is 9.10. The molecule has 0 fully saturated rings. The van der Waals surface area contributed by atoms with Crippen LogP contribution in [0.25, 0.3) is 0 Å². The lowest BCUT2D eigenvalue weighted by Crippen LogP contribution is -2.11. The van der Waals surface area contributed by atoms with Gasteiger partial charge in [0.25, 0.3) is 0 Å². The number of anilines is 1. The van der Waals surface area contributed by atoms with Gasteiger partial charge in [-0.1, -0.05) is 15.9 Å². The predicted molar refractivity (Wildman–Crippen MR) is 57.9 cm³/mol. The Morgan fingerprint density at radius 1 is 1.25 bits per heavy atom. The highest BCUT2D eigenvalue weighted by Gasteiger charge is 2.25. The fourth-order valence-electron chi connectivity index (χ4n) is 1.14. The summed E-state index contributed by atoms with van der Waals surface area (Å²) in [6.45, 7) is 0.0953. The Kier molecular flexibility index (Phi) is 4.58. The first kappa shape index (κ1) is 13.3. The number of hydrogen-bond acceptors (Lipinski definition) is 1. The minimum Gasteiger partial charge on any atom is -0.383 e. The third kappa shape index (κ3) is 4.83. The van der Waals surface area contributed by atoms with Crippen molar-refractivity contribution in [3.63, 3.8) is 0 Å². The van der Waals surface area contributed by atoms with Gasteiger partial charge in [0.2, 0.25) is 0 Å². The first-order valence-corrected chi connectivity index (χ1v) is 5.43. The lowest BCUT2D eigenvalue weighted by atomic mass is 10.2. The van der Waals surface area contributed by atoms with Crippen molar-refractivity contribution < 1.29 is 17.6 Å². The topological polar surface area (TPSA) is 12.0 Å². The molecule has 0 atom stereocenters. The molecule has 0 aromatic heterocycles. The van der Waals surface area contributed by atoms with E-state index in [-0.39, 0.29) is 18.7 Å². The molecule has 0 bridgehead atoms. The van der Waals surface area contributed by atoms with Crippen LogP contribution in [-0.2, 0) is 0 Å². The molecule has 6 heteroatoms. The zero-order valence-corrected chi connectivity index (χ0v) is 9.83. The van der Waals surface area contributed by atoms with Crippen LogP contribution >= 0.6 is 15.9 Å². The van der Waals surface area contributed by atoms with E-state index in [1.54, 1.807) is 6.07 Å². The molecule has 0 aliphatic rings. The standard InChI is InChI=1S/C10H10BrF4N/c11-7-2-3-9(8(12)6-7)16-5-1-4-10(13,14)15/h2-3,6,16H,1,4-5H2. The van der Waals surface area contributed by atoms with Crippen LogP contribution in [0, 0.1) is 5.82 Å². The summed E-state index contributed by atoms with van der Waals surface area (Å²) in [5, 5.41) is 2.62. The minimum atomic E-state index is -4.15. The Morgan fingerprint density at radius 3 is 2.50 bits per heavy atom. The number of halogens is 5. The first-order valence-electron chi connectivity index (χ1n) is 4.64. The van der Waals surface area contributed by atoms with Gasteiger partial charge in [0.1, 0.15) is 5.82 Å². The van der Waals surface area contributed by atoms with Crippen molar-refractivity contribution >= 4 is 21.6 Å². The maximum atomic E-state index is 13.2. The minimum absolute atomic E-state index is 0.0704. The van der Waals surface area contributed by atoms with Crippen molar-refractivity contribution in [1.82, 2.24) is 0 Å². The van der Waals surface area contributed by atoms with Gasteiger partial charge >= 0.3 is 6.18 Å². The monoisotopic (exact) mass is 299 g/mol. The van der Waals surface area contributed by atoms with Gasteiger partial charge in [-0.15, -0.1) is 0 Å². The summed E-state index contributed by atoms with van der Waals surface area (Å²) in [5.74, 6) is -0.485. The van der Waals surface area contributed by atoms with Crippen LogP contribution in [0.1, 0.15) is 12.8 Å². The summed E-state index contributed by atoms with van der Waals surface area (Å²) in [6.07, 6.45) is -5.09. The molecule has 0 unspecified atom stereocenters. The molecular formula is C10H10BrF4N. The molecule has 0 aliphatic carbocycles. The Labute approximate surface area is 99.0 Å². The fourth-order valence-corrected chi connectivity index (χ4v) is 1.48. The molecule has 0 spiro atoms. The summed E-state index contributed by atoms with van der Waals surface area (Å²) in [7, 11) is 0. The Balaban J connectivity index is 2.38. The molecule has 0 aliphatic heterocycles. The van der Waals surface area contributed by atoms with E-state index in [1.807, 2.05) is 0 Å². The molecule has 0 saturated heterocycles. The molecule has 0 amide bonds. The van der Waals surface area contributed by atoms with Crippen molar-refractivity contribution in [2.45, 2.75) is 19.0 Å². The molecule has 0 saturated carbocycles. The summed E-state index contributed by atoms with van der Waals surface area (Å²) in [5.41, 5.74) is 0.213. The van der Waals surface area contributed by atoms with Crippen LogP contribution in [-0.4, -0.2) is 12.7 Å². The second-order valence-corrected chi connectivity index (χ2v) is 4.19. The normalized spacial score (nSPS) is 11.6. The summed E-state index contributed by atoms with van der Waals surface area (Å²) < 4.78 is 49.2. The number of hydrogen-bond donors (Lipinski definition) is 1. The second kappa shape index (κ2) is 5.52. The second-order valence-electron chi connectivity index (χ2n) is 3.27. The van der Waals surface area contributed by atoms with Gasteiger partial charge in [-0.3, -0.25) is 0 Å². The van der Waals surface area contributed by atoms with E-state index >= 15 is 0 Å². The summed E-state index contributed by atoms with van der Waals surface area (Å²) in [6, 6.07) is 4.36. The zero-order chi connectivity index (χ0) is 12.2. The van der Waals surface area contributed by atoms with Crippen molar-refractivity contribution in [2.24, 2.45) is 0 Å². The molecule has 1 aromatic carbocycles. The van der Waals surface area contributed by atoms with E-state index in [0.29, 0.717) is 4.47 Å². The molecule has 90 valence electrons. The lowest BCUT2D eigenvalue weighted by Gasteiger charge is -2.09. The van der Waals surface area contributed by atoms with E-state index in [9.17, 15) is 17.6 Å². The van der Waals surface area contributed by atoms with Crippen molar-refractivity contribution in [3.05, 3.63) is 28.5 Å².